The van der Waals surface area contributed by atoms with Gasteiger partial charge in [0.2, 0.25) is 6.79 Å². The number of morpholine rings is 1. The molecular formula is C20H21NO4. The van der Waals surface area contributed by atoms with Crippen LogP contribution in [0.3, 0.4) is 0 Å². The molecule has 0 aromatic heterocycles. The highest BCUT2D eigenvalue weighted by molar-refractivity contribution is 5.95. The molecule has 0 saturated carbocycles. The number of hydrogen-bond donors (Lipinski definition) is 0. The smallest absolute Gasteiger partial charge is 0.254 e. The van der Waals surface area contributed by atoms with E-state index < -0.39 is 0 Å². The number of amides is 1. The van der Waals surface area contributed by atoms with Crippen LogP contribution in [0.25, 0.3) is 0 Å². The van der Waals surface area contributed by atoms with Crippen molar-refractivity contribution in [2.75, 3.05) is 19.9 Å². The molecule has 0 spiro atoms. The van der Waals surface area contributed by atoms with Crippen molar-refractivity contribution in [1.29, 1.82) is 0 Å². The second kappa shape index (κ2) is 6.76. The Hall–Kier alpha value is -2.53. The molecule has 2 aliphatic heterocycles. The van der Waals surface area contributed by atoms with Crippen LogP contribution in [-0.4, -0.2) is 42.9 Å². The van der Waals surface area contributed by atoms with Crippen molar-refractivity contribution in [2.45, 2.75) is 25.5 Å². The van der Waals surface area contributed by atoms with Crippen LogP contribution in [0.5, 0.6) is 11.5 Å². The number of rotatable bonds is 3. The van der Waals surface area contributed by atoms with Gasteiger partial charge in [0.15, 0.2) is 11.5 Å². The standard InChI is InChI=1S/C20H21NO4/c1-14-12-23-17(9-15-5-3-2-4-6-15)11-21(14)20(22)16-7-8-18-19(10-16)25-13-24-18/h2-8,10,14,17H,9,11-13H2,1H3. The van der Waals surface area contributed by atoms with Gasteiger partial charge in [-0.15, -0.1) is 0 Å². The van der Waals surface area contributed by atoms with E-state index in [1.165, 1.54) is 5.56 Å². The molecule has 0 bridgehead atoms. The maximum atomic E-state index is 13.0. The summed E-state index contributed by atoms with van der Waals surface area (Å²) in [6, 6.07) is 15.6. The summed E-state index contributed by atoms with van der Waals surface area (Å²) in [6.45, 7) is 3.36. The molecule has 130 valence electrons. The van der Waals surface area contributed by atoms with E-state index >= 15 is 0 Å². The van der Waals surface area contributed by atoms with Crippen LogP contribution in [-0.2, 0) is 11.2 Å². The summed E-state index contributed by atoms with van der Waals surface area (Å²) in [6.07, 6.45) is 0.815. The summed E-state index contributed by atoms with van der Waals surface area (Å²) < 4.78 is 16.6. The molecule has 0 radical (unpaired) electrons. The van der Waals surface area contributed by atoms with E-state index in [1.807, 2.05) is 30.0 Å². The first-order valence-corrected chi connectivity index (χ1v) is 8.57. The largest absolute Gasteiger partial charge is 0.454 e. The van der Waals surface area contributed by atoms with Crippen LogP contribution < -0.4 is 9.47 Å². The fourth-order valence-electron chi connectivity index (χ4n) is 3.30. The van der Waals surface area contributed by atoms with Crippen LogP contribution in [0.15, 0.2) is 48.5 Å². The zero-order valence-corrected chi connectivity index (χ0v) is 14.2. The van der Waals surface area contributed by atoms with E-state index in [2.05, 4.69) is 12.1 Å². The molecule has 2 aromatic carbocycles. The van der Waals surface area contributed by atoms with Gasteiger partial charge in [-0.05, 0) is 30.7 Å². The molecule has 2 aromatic rings. The second-order valence-corrected chi connectivity index (χ2v) is 6.52. The van der Waals surface area contributed by atoms with Crippen molar-refractivity contribution < 1.29 is 19.0 Å². The van der Waals surface area contributed by atoms with Gasteiger partial charge in [-0.3, -0.25) is 4.79 Å². The van der Waals surface area contributed by atoms with Crippen molar-refractivity contribution in [3.63, 3.8) is 0 Å². The number of fused-ring (bicyclic) bond motifs is 1. The van der Waals surface area contributed by atoms with E-state index in [4.69, 9.17) is 14.2 Å². The molecule has 4 rings (SSSR count). The lowest BCUT2D eigenvalue weighted by atomic mass is 10.0. The van der Waals surface area contributed by atoms with Gasteiger partial charge in [-0.25, -0.2) is 0 Å². The number of carbonyl (C=O) groups excluding carboxylic acids is 1. The van der Waals surface area contributed by atoms with E-state index in [0.29, 0.717) is 30.2 Å². The van der Waals surface area contributed by atoms with Crippen molar-refractivity contribution in [1.82, 2.24) is 4.90 Å². The number of hydrogen-bond acceptors (Lipinski definition) is 4. The minimum atomic E-state index is 0.00663. The Morgan fingerprint density at radius 1 is 1.12 bits per heavy atom. The Morgan fingerprint density at radius 2 is 1.92 bits per heavy atom. The number of nitrogens with zero attached hydrogens (tertiary/aromatic N) is 1. The third-order valence-electron chi connectivity index (χ3n) is 4.69. The lowest BCUT2D eigenvalue weighted by Gasteiger charge is -2.38. The predicted octanol–water partition coefficient (Wildman–Crippen LogP) is 2.89. The highest BCUT2D eigenvalue weighted by atomic mass is 16.7. The molecule has 2 unspecified atom stereocenters. The van der Waals surface area contributed by atoms with Crippen LogP contribution in [0, 0.1) is 0 Å². The number of carbonyl (C=O) groups is 1. The summed E-state index contributed by atoms with van der Waals surface area (Å²) in [5.41, 5.74) is 1.84. The van der Waals surface area contributed by atoms with Gasteiger partial charge in [0.1, 0.15) is 0 Å². The molecule has 0 N–H and O–H groups in total. The zero-order valence-electron chi connectivity index (χ0n) is 14.2. The van der Waals surface area contributed by atoms with Gasteiger partial charge in [0, 0.05) is 18.5 Å². The summed E-state index contributed by atoms with van der Waals surface area (Å²) in [7, 11) is 0. The highest BCUT2D eigenvalue weighted by Gasteiger charge is 2.31. The highest BCUT2D eigenvalue weighted by Crippen LogP contribution is 2.33. The first-order valence-electron chi connectivity index (χ1n) is 8.57. The molecule has 0 aliphatic carbocycles. The van der Waals surface area contributed by atoms with Crippen molar-refractivity contribution >= 4 is 5.91 Å². The van der Waals surface area contributed by atoms with Crippen molar-refractivity contribution in [2.24, 2.45) is 0 Å². The molecule has 1 amide bonds. The molecule has 2 aliphatic rings. The maximum absolute atomic E-state index is 13.0. The molecule has 1 saturated heterocycles. The number of benzene rings is 2. The van der Waals surface area contributed by atoms with Crippen LogP contribution in [0.4, 0.5) is 0 Å². The molecule has 5 nitrogen and oxygen atoms in total. The second-order valence-electron chi connectivity index (χ2n) is 6.52. The van der Waals surface area contributed by atoms with Gasteiger partial charge in [-0.1, -0.05) is 30.3 Å². The Labute approximate surface area is 147 Å². The van der Waals surface area contributed by atoms with Gasteiger partial charge < -0.3 is 19.1 Å². The molecule has 2 atom stereocenters. The monoisotopic (exact) mass is 339 g/mol. The molecule has 5 heteroatoms. The third-order valence-corrected chi connectivity index (χ3v) is 4.69. The summed E-state index contributed by atoms with van der Waals surface area (Å²) in [5.74, 6) is 1.33. The van der Waals surface area contributed by atoms with Gasteiger partial charge in [0.05, 0.1) is 18.8 Å². The Balaban J connectivity index is 1.49. The van der Waals surface area contributed by atoms with E-state index in [1.54, 1.807) is 18.2 Å². The quantitative estimate of drug-likeness (QED) is 0.863. The fourth-order valence-corrected chi connectivity index (χ4v) is 3.30. The Bertz CT molecular complexity index is 762. The molecule has 1 fully saturated rings. The summed E-state index contributed by atoms with van der Waals surface area (Å²) in [5, 5.41) is 0. The Kier molecular flexibility index (Phi) is 4.32. The van der Waals surface area contributed by atoms with E-state index in [-0.39, 0.29) is 24.8 Å². The van der Waals surface area contributed by atoms with E-state index in [0.717, 1.165) is 6.42 Å². The number of ether oxygens (including phenoxy) is 3. The van der Waals surface area contributed by atoms with Crippen LogP contribution in [0.1, 0.15) is 22.8 Å². The molecule has 2 heterocycles. The summed E-state index contributed by atoms with van der Waals surface area (Å²) in [4.78, 5) is 14.9. The molecule has 25 heavy (non-hydrogen) atoms. The topological polar surface area (TPSA) is 48.0 Å². The SMILES string of the molecule is CC1COC(Cc2ccccc2)CN1C(=O)c1ccc2c(c1)OCO2. The predicted molar refractivity (Wildman–Crippen MR) is 92.9 cm³/mol. The molecular weight excluding hydrogens is 318 g/mol. The first-order chi connectivity index (χ1) is 12.2. The minimum absolute atomic E-state index is 0.00663. The van der Waals surface area contributed by atoms with Gasteiger partial charge >= 0.3 is 0 Å². The van der Waals surface area contributed by atoms with Gasteiger partial charge in [-0.2, -0.15) is 0 Å². The fraction of sp³-hybridized carbons (Fsp3) is 0.350. The lowest BCUT2D eigenvalue weighted by Crippen LogP contribution is -2.51. The van der Waals surface area contributed by atoms with E-state index in [9.17, 15) is 4.79 Å². The summed E-state index contributed by atoms with van der Waals surface area (Å²) >= 11 is 0. The van der Waals surface area contributed by atoms with Crippen LogP contribution >= 0.6 is 0 Å². The average Bonchev–Trinajstić information content (AvgIpc) is 3.11. The normalized spacial score (nSPS) is 22.0. The maximum Gasteiger partial charge on any atom is 0.254 e. The van der Waals surface area contributed by atoms with Gasteiger partial charge in [0.25, 0.3) is 5.91 Å². The Morgan fingerprint density at radius 3 is 2.76 bits per heavy atom. The minimum Gasteiger partial charge on any atom is -0.454 e. The lowest BCUT2D eigenvalue weighted by molar-refractivity contribution is -0.0464. The van der Waals surface area contributed by atoms with Crippen molar-refractivity contribution in [3.8, 4) is 11.5 Å². The average molecular weight is 339 g/mol. The third kappa shape index (κ3) is 3.33. The first kappa shape index (κ1) is 16.0. The van der Waals surface area contributed by atoms with Crippen molar-refractivity contribution in [3.05, 3.63) is 59.7 Å². The zero-order chi connectivity index (χ0) is 17.2. The van der Waals surface area contributed by atoms with Crippen LogP contribution in [0.2, 0.25) is 0 Å².